The average Bonchev–Trinajstić information content (AvgIpc) is 2.38. The lowest BCUT2D eigenvalue weighted by Gasteiger charge is -2.13. The monoisotopic (exact) mass is 346 g/mol. The SMILES string of the molecule is CCOc1c(Br)cc(C=C(CCl)C(C)C)cc1OC. The van der Waals surface area contributed by atoms with Crippen LogP contribution in [0.1, 0.15) is 26.3 Å². The van der Waals surface area contributed by atoms with E-state index in [0.29, 0.717) is 18.4 Å². The molecule has 1 aromatic rings. The lowest BCUT2D eigenvalue weighted by Crippen LogP contribution is -1.98. The summed E-state index contributed by atoms with van der Waals surface area (Å²) in [5.41, 5.74) is 2.25. The van der Waals surface area contributed by atoms with Gasteiger partial charge in [-0.3, -0.25) is 0 Å². The number of ether oxygens (including phenoxy) is 2. The van der Waals surface area contributed by atoms with E-state index in [1.54, 1.807) is 7.11 Å². The first-order chi connectivity index (χ1) is 9.03. The third-order valence-corrected chi connectivity index (χ3v) is 3.69. The number of halogens is 2. The summed E-state index contributed by atoms with van der Waals surface area (Å²) in [6.45, 7) is 6.82. The molecule has 0 aliphatic heterocycles. The average molecular weight is 348 g/mol. The molecule has 0 atom stereocenters. The Hall–Kier alpha value is -0.670. The van der Waals surface area contributed by atoms with Crippen molar-refractivity contribution in [3.8, 4) is 11.5 Å². The number of hydrogen-bond donors (Lipinski definition) is 0. The standard InChI is InChI=1S/C15H20BrClO2/c1-5-19-15-13(16)7-11(8-14(15)18-4)6-12(9-17)10(2)3/h6-8,10H,5,9H2,1-4H3. The Balaban J connectivity index is 3.21. The molecule has 1 aromatic carbocycles. The van der Waals surface area contributed by atoms with Gasteiger partial charge in [0.25, 0.3) is 0 Å². The minimum atomic E-state index is 0.425. The summed E-state index contributed by atoms with van der Waals surface area (Å²) in [5, 5.41) is 0. The maximum Gasteiger partial charge on any atom is 0.175 e. The second kappa shape index (κ2) is 7.81. The Morgan fingerprint density at radius 3 is 2.58 bits per heavy atom. The molecule has 0 radical (unpaired) electrons. The zero-order valence-corrected chi connectivity index (χ0v) is 14.1. The molecule has 0 unspecified atom stereocenters. The van der Waals surface area contributed by atoms with Crippen molar-refractivity contribution in [2.24, 2.45) is 5.92 Å². The zero-order valence-electron chi connectivity index (χ0n) is 11.8. The van der Waals surface area contributed by atoms with Crippen molar-refractivity contribution in [1.82, 2.24) is 0 Å². The molecule has 0 N–H and O–H groups in total. The van der Waals surface area contributed by atoms with E-state index in [0.717, 1.165) is 21.5 Å². The maximum atomic E-state index is 5.97. The molecule has 0 saturated carbocycles. The van der Waals surface area contributed by atoms with Crippen molar-refractivity contribution in [3.05, 3.63) is 27.7 Å². The summed E-state index contributed by atoms with van der Waals surface area (Å²) >= 11 is 9.49. The summed E-state index contributed by atoms with van der Waals surface area (Å²) in [6.07, 6.45) is 2.10. The van der Waals surface area contributed by atoms with E-state index < -0.39 is 0 Å². The molecule has 106 valence electrons. The lowest BCUT2D eigenvalue weighted by molar-refractivity contribution is 0.309. The molecule has 0 fully saturated rings. The topological polar surface area (TPSA) is 18.5 Å². The Bertz CT molecular complexity index is 456. The van der Waals surface area contributed by atoms with Crippen LogP contribution in [-0.4, -0.2) is 19.6 Å². The van der Waals surface area contributed by atoms with Gasteiger partial charge in [0, 0.05) is 5.88 Å². The highest BCUT2D eigenvalue weighted by Gasteiger charge is 2.11. The van der Waals surface area contributed by atoms with Crippen LogP contribution < -0.4 is 9.47 Å². The minimum Gasteiger partial charge on any atom is -0.493 e. The van der Waals surface area contributed by atoms with E-state index in [9.17, 15) is 0 Å². The van der Waals surface area contributed by atoms with Gasteiger partial charge in [-0.25, -0.2) is 0 Å². The van der Waals surface area contributed by atoms with Gasteiger partial charge in [0.2, 0.25) is 0 Å². The van der Waals surface area contributed by atoms with Gasteiger partial charge in [0.05, 0.1) is 18.2 Å². The first kappa shape index (κ1) is 16.4. The van der Waals surface area contributed by atoms with Crippen LogP contribution in [-0.2, 0) is 0 Å². The van der Waals surface area contributed by atoms with E-state index in [2.05, 4.69) is 35.9 Å². The van der Waals surface area contributed by atoms with Crippen LogP contribution in [0.25, 0.3) is 6.08 Å². The molecule has 0 saturated heterocycles. The largest absolute Gasteiger partial charge is 0.493 e. The molecule has 1 rings (SSSR count). The molecule has 0 aromatic heterocycles. The molecule has 0 bridgehead atoms. The summed E-state index contributed by atoms with van der Waals surface area (Å²) in [5.74, 6) is 2.42. The van der Waals surface area contributed by atoms with Gasteiger partial charge in [0.1, 0.15) is 0 Å². The van der Waals surface area contributed by atoms with E-state index in [-0.39, 0.29) is 0 Å². The zero-order chi connectivity index (χ0) is 14.4. The van der Waals surface area contributed by atoms with Crippen LogP contribution >= 0.6 is 27.5 Å². The fraction of sp³-hybridized carbons (Fsp3) is 0.467. The number of rotatable bonds is 6. The normalized spacial score (nSPS) is 11.8. The van der Waals surface area contributed by atoms with Crippen LogP contribution in [0.3, 0.4) is 0 Å². The molecule has 0 aliphatic carbocycles. The Labute approximate surface area is 128 Å². The van der Waals surface area contributed by atoms with Crippen molar-refractivity contribution in [1.29, 1.82) is 0 Å². The molecular weight excluding hydrogens is 328 g/mol. The van der Waals surface area contributed by atoms with E-state index in [1.807, 2.05) is 19.1 Å². The summed E-state index contributed by atoms with van der Waals surface area (Å²) in [6, 6.07) is 3.98. The quantitative estimate of drug-likeness (QED) is 0.664. The Kier molecular flexibility index (Phi) is 6.73. The molecule has 0 amide bonds. The molecule has 2 nitrogen and oxygen atoms in total. The minimum absolute atomic E-state index is 0.425. The maximum absolute atomic E-state index is 5.97. The van der Waals surface area contributed by atoms with Crippen LogP contribution in [0.4, 0.5) is 0 Å². The van der Waals surface area contributed by atoms with Gasteiger partial charge < -0.3 is 9.47 Å². The van der Waals surface area contributed by atoms with Crippen molar-refractivity contribution >= 4 is 33.6 Å². The van der Waals surface area contributed by atoms with Crippen molar-refractivity contribution in [2.75, 3.05) is 19.6 Å². The van der Waals surface area contributed by atoms with E-state index in [4.69, 9.17) is 21.1 Å². The number of allylic oxidation sites excluding steroid dienone is 1. The lowest BCUT2D eigenvalue weighted by atomic mass is 10.0. The predicted octanol–water partition coefficient (Wildman–Crippen LogP) is 5.13. The van der Waals surface area contributed by atoms with E-state index >= 15 is 0 Å². The Morgan fingerprint density at radius 1 is 1.42 bits per heavy atom. The van der Waals surface area contributed by atoms with Gasteiger partial charge in [-0.15, -0.1) is 11.6 Å². The first-order valence-corrected chi connectivity index (χ1v) is 7.63. The van der Waals surface area contributed by atoms with Gasteiger partial charge in [-0.2, -0.15) is 0 Å². The predicted molar refractivity (Wildman–Crippen MR) is 85.4 cm³/mol. The van der Waals surface area contributed by atoms with Crippen LogP contribution in [0, 0.1) is 5.92 Å². The molecule has 19 heavy (non-hydrogen) atoms. The fourth-order valence-electron chi connectivity index (χ4n) is 1.68. The Morgan fingerprint density at radius 2 is 2.11 bits per heavy atom. The molecule has 0 heterocycles. The molecular formula is C15H20BrClO2. The highest BCUT2D eigenvalue weighted by Crippen LogP contribution is 2.37. The second-order valence-electron chi connectivity index (χ2n) is 4.47. The van der Waals surface area contributed by atoms with Gasteiger partial charge >= 0.3 is 0 Å². The van der Waals surface area contributed by atoms with Gasteiger partial charge in [0.15, 0.2) is 11.5 Å². The third kappa shape index (κ3) is 4.43. The van der Waals surface area contributed by atoms with Crippen LogP contribution in [0.5, 0.6) is 11.5 Å². The summed E-state index contributed by atoms with van der Waals surface area (Å²) in [7, 11) is 1.64. The van der Waals surface area contributed by atoms with Crippen molar-refractivity contribution in [3.63, 3.8) is 0 Å². The molecule has 0 spiro atoms. The number of alkyl halides is 1. The first-order valence-electron chi connectivity index (χ1n) is 6.30. The number of methoxy groups -OCH3 is 1. The second-order valence-corrected chi connectivity index (χ2v) is 5.60. The highest BCUT2D eigenvalue weighted by molar-refractivity contribution is 9.10. The summed E-state index contributed by atoms with van der Waals surface area (Å²) in [4.78, 5) is 0. The van der Waals surface area contributed by atoms with Gasteiger partial charge in [-0.1, -0.05) is 25.5 Å². The van der Waals surface area contributed by atoms with Gasteiger partial charge in [-0.05, 0) is 46.5 Å². The smallest absolute Gasteiger partial charge is 0.175 e. The molecule has 0 aliphatic rings. The van der Waals surface area contributed by atoms with Crippen LogP contribution in [0.2, 0.25) is 0 Å². The van der Waals surface area contributed by atoms with Crippen LogP contribution in [0.15, 0.2) is 22.2 Å². The van der Waals surface area contributed by atoms with E-state index in [1.165, 1.54) is 5.57 Å². The highest BCUT2D eigenvalue weighted by atomic mass is 79.9. The fourth-order valence-corrected chi connectivity index (χ4v) is 2.64. The summed E-state index contributed by atoms with van der Waals surface area (Å²) < 4.78 is 11.8. The molecule has 4 heteroatoms. The number of hydrogen-bond acceptors (Lipinski definition) is 2. The van der Waals surface area contributed by atoms with Crippen molar-refractivity contribution in [2.45, 2.75) is 20.8 Å². The third-order valence-electron chi connectivity index (χ3n) is 2.79. The number of benzene rings is 1. The van der Waals surface area contributed by atoms with Crippen molar-refractivity contribution < 1.29 is 9.47 Å².